The summed E-state index contributed by atoms with van der Waals surface area (Å²) in [5, 5.41) is 28.0. The molecule has 0 aliphatic rings. The van der Waals surface area contributed by atoms with Crippen molar-refractivity contribution in [3.63, 3.8) is 0 Å². The lowest BCUT2D eigenvalue weighted by Crippen LogP contribution is -2.25. The number of sulfonamides is 1. The molecule has 0 radical (unpaired) electrons. The van der Waals surface area contributed by atoms with Gasteiger partial charge in [0.1, 0.15) is 5.69 Å². The SMILES string of the molecule is C/C(=N\NC(=S)Nc1cccc(S(N)(=O)=O)c1)c1nn(C)c(-c2ccc(Cl)c(Cl)c2)c1O. The van der Waals surface area contributed by atoms with Gasteiger partial charge in [0.05, 0.1) is 20.7 Å². The summed E-state index contributed by atoms with van der Waals surface area (Å²) in [6.45, 7) is 1.64. The van der Waals surface area contributed by atoms with Gasteiger partial charge in [-0.05, 0) is 49.5 Å². The number of aryl methyl sites for hydroxylation is 1. The average molecular weight is 513 g/mol. The molecule has 168 valence electrons. The average Bonchev–Trinajstić information content (AvgIpc) is 3.02. The van der Waals surface area contributed by atoms with E-state index in [0.717, 1.165) is 0 Å². The van der Waals surface area contributed by atoms with Crippen LogP contribution in [0.25, 0.3) is 11.3 Å². The van der Waals surface area contributed by atoms with Gasteiger partial charge in [0.15, 0.2) is 16.6 Å². The third-order valence-corrected chi connectivity index (χ3v) is 6.15. The normalized spacial score (nSPS) is 12.0. The van der Waals surface area contributed by atoms with Crippen LogP contribution in [0, 0.1) is 0 Å². The molecule has 0 spiro atoms. The van der Waals surface area contributed by atoms with E-state index in [9.17, 15) is 13.5 Å². The van der Waals surface area contributed by atoms with E-state index in [1.165, 1.54) is 22.9 Å². The van der Waals surface area contributed by atoms with Crippen LogP contribution in [0.15, 0.2) is 52.5 Å². The molecule has 0 saturated heterocycles. The Morgan fingerprint density at radius 2 is 1.94 bits per heavy atom. The van der Waals surface area contributed by atoms with Gasteiger partial charge in [-0.25, -0.2) is 13.6 Å². The first kappa shape index (κ1) is 24.0. The molecule has 0 unspecified atom stereocenters. The molecule has 2 aromatic carbocycles. The van der Waals surface area contributed by atoms with Crippen molar-refractivity contribution in [2.24, 2.45) is 17.3 Å². The van der Waals surface area contributed by atoms with E-state index in [-0.39, 0.29) is 21.5 Å². The topological polar surface area (TPSA) is 135 Å². The van der Waals surface area contributed by atoms with E-state index < -0.39 is 10.0 Å². The maximum Gasteiger partial charge on any atom is 0.238 e. The Morgan fingerprint density at radius 3 is 2.59 bits per heavy atom. The quantitative estimate of drug-likeness (QED) is 0.233. The number of nitrogens with two attached hydrogens (primary N) is 1. The predicted octanol–water partition coefficient (Wildman–Crippen LogP) is 3.46. The molecule has 5 N–H and O–H groups in total. The second-order valence-corrected chi connectivity index (χ2v) is 9.42. The fourth-order valence-electron chi connectivity index (χ4n) is 2.82. The highest BCUT2D eigenvalue weighted by Gasteiger charge is 2.20. The van der Waals surface area contributed by atoms with Gasteiger partial charge in [-0.3, -0.25) is 10.1 Å². The van der Waals surface area contributed by atoms with Crippen LogP contribution in [-0.4, -0.2) is 34.1 Å². The van der Waals surface area contributed by atoms with Gasteiger partial charge in [0, 0.05) is 18.3 Å². The number of halogens is 2. The zero-order valence-corrected chi connectivity index (χ0v) is 19.9. The van der Waals surface area contributed by atoms with Gasteiger partial charge < -0.3 is 10.4 Å². The summed E-state index contributed by atoms with van der Waals surface area (Å²) in [5.74, 6) is -0.0892. The number of nitrogens with zero attached hydrogens (tertiary/aromatic N) is 3. The van der Waals surface area contributed by atoms with Gasteiger partial charge in [0.2, 0.25) is 10.0 Å². The second kappa shape index (κ2) is 9.43. The van der Waals surface area contributed by atoms with E-state index in [0.29, 0.717) is 32.7 Å². The van der Waals surface area contributed by atoms with Crippen molar-refractivity contribution in [3.8, 4) is 17.0 Å². The minimum atomic E-state index is -3.84. The zero-order valence-electron chi connectivity index (χ0n) is 16.8. The van der Waals surface area contributed by atoms with E-state index >= 15 is 0 Å². The highest BCUT2D eigenvalue weighted by molar-refractivity contribution is 7.89. The lowest BCUT2D eigenvalue weighted by atomic mass is 10.1. The van der Waals surface area contributed by atoms with Gasteiger partial charge in [-0.2, -0.15) is 10.2 Å². The van der Waals surface area contributed by atoms with Crippen molar-refractivity contribution in [1.29, 1.82) is 0 Å². The van der Waals surface area contributed by atoms with E-state index in [1.807, 2.05) is 0 Å². The smallest absolute Gasteiger partial charge is 0.238 e. The maximum atomic E-state index is 11.5. The molecule has 0 aliphatic carbocycles. The van der Waals surface area contributed by atoms with Crippen LogP contribution in [0.2, 0.25) is 10.0 Å². The molecule has 3 aromatic rings. The minimum absolute atomic E-state index is 0.0572. The van der Waals surface area contributed by atoms with Crippen LogP contribution in [0.3, 0.4) is 0 Å². The van der Waals surface area contributed by atoms with Crippen LogP contribution in [0.4, 0.5) is 5.69 Å². The number of nitrogens with one attached hydrogen (secondary N) is 2. The first-order valence-electron chi connectivity index (χ1n) is 8.93. The standard InChI is InChI=1S/C19H18Cl2N6O3S2/c1-10(24-25-19(31)23-12-4-3-5-13(9-12)32(22,29)30)16-18(28)17(27(2)26-16)11-6-7-14(20)15(21)8-11/h3-9,28H,1-2H3,(H2,22,29,30)(H2,23,25,31)/b24-10+. The number of aromatic hydroxyl groups is 1. The van der Waals surface area contributed by atoms with Crippen molar-refractivity contribution in [3.05, 3.63) is 58.2 Å². The Kier molecular flexibility index (Phi) is 7.06. The Morgan fingerprint density at radius 1 is 1.22 bits per heavy atom. The molecule has 32 heavy (non-hydrogen) atoms. The number of benzene rings is 2. The number of anilines is 1. The third-order valence-electron chi connectivity index (χ3n) is 4.30. The molecule has 0 fully saturated rings. The monoisotopic (exact) mass is 512 g/mol. The third kappa shape index (κ3) is 5.37. The molecular weight excluding hydrogens is 495 g/mol. The summed E-state index contributed by atoms with van der Waals surface area (Å²) in [6, 6.07) is 10.8. The number of hydrogen-bond acceptors (Lipinski definition) is 6. The van der Waals surface area contributed by atoms with E-state index in [1.54, 1.807) is 38.2 Å². The fraction of sp³-hybridized carbons (Fsp3) is 0.105. The zero-order chi connectivity index (χ0) is 23.6. The molecule has 0 atom stereocenters. The molecule has 0 saturated carbocycles. The number of rotatable bonds is 5. The van der Waals surface area contributed by atoms with Crippen LogP contribution in [-0.2, 0) is 17.1 Å². The van der Waals surface area contributed by atoms with E-state index in [2.05, 4.69) is 20.9 Å². The van der Waals surface area contributed by atoms with Gasteiger partial charge in [-0.15, -0.1) is 0 Å². The molecule has 0 bridgehead atoms. The summed E-state index contributed by atoms with van der Waals surface area (Å²) < 4.78 is 24.4. The predicted molar refractivity (Wildman–Crippen MR) is 130 cm³/mol. The summed E-state index contributed by atoms with van der Waals surface area (Å²) in [4.78, 5) is -0.0572. The lowest BCUT2D eigenvalue weighted by Gasteiger charge is -2.08. The van der Waals surface area contributed by atoms with Gasteiger partial charge >= 0.3 is 0 Å². The van der Waals surface area contributed by atoms with E-state index in [4.69, 9.17) is 40.6 Å². The second-order valence-electron chi connectivity index (χ2n) is 6.63. The minimum Gasteiger partial charge on any atom is -0.504 e. The molecule has 0 aliphatic heterocycles. The van der Waals surface area contributed by atoms with Crippen LogP contribution >= 0.6 is 35.4 Å². The molecular formula is C19H18Cl2N6O3S2. The number of thiocarbonyl (C=S) groups is 1. The van der Waals surface area contributed by atoms with Crippen LogP contribution in [0.1, 0.15) is 12.6 Å². The van der Waals surface area contributed by atoms with Crippen molar-refractivity contribution in [2.75, 3.05) is 5.32 Å². The number of hydrazone groups is 1. The highest BCUT2D eigenvalue weighted by Crippen LogP contribution is 2.35. The van der Waals surface area contributed by atoms with Crippen molar-refractivity contribution >= 4 is 62.0 Å². The Labute approximate surface area is 199 Å². The molecule has 13 heteroatoms. The molecule has 1 heterocycles. The largest absolute Gasteiger partial charge is 0.504 e. The Bertz CT molecular complexity index is 1340. The maximum absolute atomic E-state index is 11.5. The summed E-state index contributed by atoms with van der Waals surface area (Å²) in [5.41, 5.74) is 4.69. The van der Waals surface area contributed by atoms with Gasteiger partial charge in [0.25, 0.3) is 0 Å². The highest BCUT2D eigenvalue weighted by atomic mass is 35.5. The molecule has 0 amide bonds. The first-order valence-corrected chi connectivity index (χ1v) is 11.6. The van der Waals surface area contributed by atoms with Crippen LogP contribution in [0.5, 0.6) is 5.75 Å². The molecule has 3 rings (SSSR count). The number of aromatic nitrogens is 2. The molecule has 9 nitrogen and oxygen atoms in total. The number of hydrogen-bond donors (Lipinski definition) is 4. The van der Waals surface area contributed by atoms with Crippen molar-refractivity contribution in [1.82, 2.24) is 15.2 Å². The first-order chi connectivity index (χ1) is 15.0. The summed E-state index contributed by atoms with van der Waals surface area (Å²) >= 11 is 17.2. The van der Waals surface area contributed by atoms with Crippen LogP contribution < -0.4 is 15.9 Å². The molecule has 1 aromatic heterocycles. The number of primary sulfonamides is 1. The summed E-state index contributed by atoms with van der Waals surface area (Å²) in [6.07, 6.45) is 0. The lowest BCUT2D eigenvalue weighted by molar-refractivity contribution is 0.475. The Balaban J connectivity index is 1.78. The van der Waals surface area contributed by atoms with Gasteiger partial charge in [-0.1, -0.05) is 35.3 Å². The van der Waals surface area contributed by atoms with Crippen molar-refractivity contribution in [2.45, 2.75) is 11.8 Å². The fourth-order valence-corrected chi connectivity index (χ4v) is 3.84. The van der Waals surface area contributed by atoms with Crippen molar-refractivity contribution < 1.29 is 13.5 Å². The summed E-state index contributed by atoms with van der Waals surface area (Å²) in [7, 11) is -2.17. The Hall–Kier alpha value is -2.70.